The number of hydrogen-bond acceptors (Lipinski definition) is 5. The largest absolute Gasteiger partial charge is 0.493 e. The van der Waals surface area contributed by atoms with E-state index >= 15 is 0 Å². The van der Waals surface area contributed by atoms with Crippen molar-refractivity contribution in [3.05, 3.63) is 68.7 Å². The summed E-state index contributed by atoms with van der Waals surface area (Å²) < 4.78 is 11.5. The summed E-state index contributed by atoms with van der Waals surface area (Å²) in [4.78, 5) is 37.1. The summed E-state index contributed by atoms with van der Waals surface area (Å²) in [5.74, 6) is 0.733. The molecule has 0 radical (unpaired) electrons. The second kappa shape index (κ2) is 7.99. The van der Waals surface area contributed by atoms with Gasteiger partial charge in [-0.25, -0.2) is 4.68 Å². The lowest BCUT2D eigenvalue weighted by Gasteiger charge is -2.17. The predicted octanol–water partition coefficient (Wildman–Crippen LogP) is 1.58. The molecule has 0 spiro atoms. The van der Waals surface area contributed by atoms with E-state index < -0.39 is 17.0 Å². The molecule has 0 aliphatic heterocycles. The lowest BCUT2D eigenvalue weighted by atomic mass is 10.1. The number of H-pyrrole nitrogens is 1. The van der Waals surface area contributed by atoms with Crippen molar-refractivity contribution in [2.45, 2.75) is 19.5 Å². The summed E-state index contributed by atoms with van der Waals surface area (Å²) in [5.41, 5.74) is -0.0367. The molecule has 1 amide bonds. The molecule has 2 aromatic carbocycles. The molecule has 0 aliphatic carbocycles. The van der Waals surface area contributed by atoms with E-state index in [0.717, 1.165) is 10.2 Å². The van der Waals surface area contributed by atoms with Gasteiger partial charge in [-0.2, -0.15) is 0 Å². The summed E-state index contributed by atoms with van der Waals surface area (Å²) in [6.45, 7) is 1.52. The van der Waals surface area contributed by atoms with Gasteiger partial charge in [0.2, 0.25) is 5.91 Å². The number of aromatic amines is 1. The summed E-state index contributed by atoms with van der Waals surface area (Å²) in [6.07, 6.45) is 0. The Kier molecular flexibility index (Phi) is 5.49. The molecular formula is C20H21N3O5. The zero-order valence-electron chi connectivity index (χ0n) is 15.8. The molecule has 3 aromatic rings. The van der Waals surface area contributed by atoms with Gasteiger partial charge in [-0.05, 0) is 36.8 Å². The van der Waals surface area contributed by atoms with Crippen molar-refractivity contribution >= 4 is 16.7 Å². The molecule has 1 unspecified atom stereocenters. The topological polar surface area (TPSA) is 102 Å². The number of carbonyl (C=O) groups is 1. The van der Waals surface area contributed by atoms with E-state index in [4.69, 9.17) is 9.47 Å². The third-order valence-corrected chi connectivity index (χ3v) is 4.47. The molecule has 0 saturated heterocycles. The standard InChI is InChI=1S/C20H21N3O5/c1-12(13-8-9-16(27-2)17(10-13)28-3)21-18(24)11-23-20(26)15-7-5-4-6-14(15)19(25)22-23/h4-10,12H,11H2,1-3H3,(H,21,24)(H,22,25). The van der Waals surface area contributed by atoms with Crippen LogP contribution in [0, 0.1) is 0 Å². The van der Waals surface area contributed by atoms with E-state index in [-0.39, 0.29) is 18.0 Å². The zero-order valence-corrected chi connectivity index (χ0v) is 15.8. The van der Waals surface area contributed by atoms with Crippen molar-refractivity contribution in [1.82, 2.24) is 15.1 Å². The fourth-order valence-electron chi connectivity index (χ4n) is 2.99. The normalized spacial score (nSPS) is 11.8. The highest BCUT2D eigenvalue weighted by atomic mass is 16.5. The number of hydrogen-bond donors (Lipinski definition) is 2. The summed E-state index contributed by atoms with van der Waals surface area (Å²) in [7, 11) is 3.08. The van der Waals surface area contributed by atoms with Gasteiger partial charge in [0, 0.05) is 0 Å². The molecule has 0 aliphatic rings. The molecule has 1 heterocycles. The van der Waals surface area contributed by atoms with E-state index in [9.17, 15) is 14.4 Å². The van der Waals surface area contributed by atoms with Crippen LogP contribution in [0.5, 0.6) is 11.5 Å². The van der Waals surface area contributed by atoms with E-state index in [0.29, 0.717) is 16.9 Å². The second-order valence-corrected chi connectivity index (χ2v) is 6.28. The maximum absolute atomic E-state index is 12.5. The van der Waals surface area contributed by atoms with Gasteiger partial charge in [0.15, 0.2) is 11.5 Å². The van der Waals surface area contributed by atoms with Crippen molar-refractivity contribution < 1.29 is 14.3 Å². The molecule has 8 heteroatoms. The highest BCUT2D eigenvalue weighted by Gasteiger charge is 2.15. The molecule has 28 heavy (non-hydrogen) atoms. The number of methoxy groups -OCH3 is 2. The summed E-state index contributed by atoms with van der Waals surface area (Å²) in [5, 5.41) is 5.82. The van der Waals surface area contributed by atoms with Crippen LogP contribution in [-0.4, -0.2) is 29.9 Å². The van der Waals surface area contributed by atoms with Crippen molar-refractivity contribution in [3.63, 3.8) is 0 Å². The van der Waals surface area contributed by atoms with Gasteiger partial charge in [0.1, 0.15) is 6.54 Å². The van der Waals surface area contributed by atoms with Crippen molar-refractivity contribution in [3.8, 4) is 11.5 Å². The highest BCUT2D eigenvalue weighted by molar-refractivity contribution is 5.81. The van der Waals surface area contributed by atoms with Crippen molar-refractivity contribution in [2.24, 2.45) is 0 Å². The number of ether oxygens (including phenoxy) is 2. The minimum absolute atomic E-state index is 0.270. The van der Waals surface area contributed by atoms with Gasteiger partial charge in [-0.3, -0.25) is 19.5 Å². The van der Waals surface area contributed by atoms with Gasteiger partial charge in [-0.15, -0.1) is 0 Å². The summed E-state index contributed by atoms with van der Waals surface area (Å²) >= 11 is 0. The molecule has 1 aromatic heterocycles. The van der Waals surface area contributed by atoms with Gasteiger partial charge in [0.25, 0.3) is 11.1 Å². The molecule has 0 bridgehead atoms. The molecule has 0 saturated carbocycles. The van der Waals surface area contributed by atoms with Crippen LogP contribution in [-0.2, 0) is 11.3 Å². The Morgan fingerprint density at radius 2 is 1.75 bits per heavy atom. The first-order valence-electron chi connectivity index (χ1n) is 8.67. The van der Waals surface area contributed by atoms with Crippen LogP contribution in [0.15, 0.2) is 52.1 Å². The minimum Gasteiger partial charge on any atom is -0.493 e. The minimum atomic E-state index is -0.427. The van der Waals surface area contributed by atoms with Gasteiger partial charge in [0.05, 0.1) is 31.0 Å². The molecule has 1 atom stereocenters. The van der Waals surface area contributed by atoms with E-state index in [1.165, 1.54) is 7.11 Å². The van der Waals surface area contributed by atoms with E-state index in [2.05, 4.69) is 10.4 Å². The molecular weight excluding hydrogens is 362 g/mol. The van der Waals surface area contributed by atoms with Crippen molar-refractivity contribution in [1.29, 1.82) is 0 Å². The third kappa shape index (κ3) is 3.75. The Bertz CT molecular complexity index is 1130. The Balaban J connectivity index is 1.79. The maximum atomic E-state index is 12.5. The van der Waals surface area contributed by atoms with Crippen LogP contribution in [0.3, 0.4) is 0 Å². The van der Waals surface area contributed by atoms with Crippen LogP contribution in [0.1, 0.15) is 18.5 Å². The van der Waals surface area contributed by atoms with Crippen LogP contribution in [0.25, 0.3) is 10.8 Å². The quantitative estimate of drug-likeness (QED) is 0.673. The average molecular weight is 383 g/mol. The first kappa shape index (κ1) is 19.2. The number of nitrogens with one attached hydrogen (secondary N) is 2. The monoisotopic (exact) mass is 383 g/mol. The SMILES string of the molecule is COc1ccc(C(C)NC(=O)Cn2[nH]c(=O)c3ccccc3c2=O)cc1OC. The first-order chi connectivity index (χ1) is 13.4. The molecule has 146 valence electrons. The fraction of sp³-hybridized carbons (Fsp3) is 0.250. The summed E-state index contributed by atoms with van der Waals surface area (Å²) in [6, 6.07) is 11.5. The van der Waals surface area contributed by atoms with Gasteiger partial charge < -0.3 is 14.8 Å². The Morgan fingerprint density at radius 3 is 2.43 bits per heavy atom. The number of carbonyl (C=O) groups excluding carboxylic acids is 1. The first-order valence-corrected chi connectivity index (χ1v) is 8.67. The number of nitrogens with zero attached hydrogens (tertiary/aromatic N) is 1. The molecule has 2 N–H and O–H groups in total. The number of fused-ring (bicyclic) bond motifs is 1. The fourth-order valence-corrected chi connectivity index (χ4v) is 2.99. The predicted molar refractivity (Wildman–Crippen MR) is 105 cm³/mol. The van der Waals surface area contributed by atoms with Crippen LogP contribution in [0.2, 0.25) is 0 Å². The van der Waals surface area contributed by atoms with Crippen LogP contribution < -0.4 is 25.9 Å². The molecule has 0 fully saturated rings. The Labute approximate surface area is 160 Å². The molecule has 8 nitrogen and oxygen atoms in total. The van der Waals surface area contributed by atoms with E-state index in [1.807, 2.05) is 13.0 Å². The number of aromatic nitrogens is 2. The van der Waals surface area contributed by atoms with Gasteiger partial charge >= 0.3 is 0 Å². The number of amides is 1. The Hall–Kier alpha value is -3.55. The zero-order chi connectivity index (χ0) is 20.3. The van der Waals surface area contributed by atoms with Crippen LogP contribution in [0.4, 0.5) is 0 Å². The third-order valence-electron chi connectivity index (χ3n) is 4.47. The highest BCUT2D eigenvalue weighted by Crippen LogP contribution is 2.29. The second-order valence-electron chi connectivity index (χ2n) is 6.28. The van der Waals surface area contributed by atoms with Gasteiger partial charge in [-0.1, -0.05) is 18.2 Å². The maximum Gasteiger partial charge on any atom is 0.273 e. The lowest BCUT2D eigenvalue weighted by Crippen LogP contribution is -2.37. The lowest BCUT2D eigenvalue weighted by molar-refractivity contribution is -0.122. The van der Waals surface area contributed by atoms with Crippen LogP contribution >= 0.6 is 0 Å². The van der Waals surface area contributed by atoms with E-state index in [1.54, 1.807) is 43.5 Å². The Morgan fingerprint density at radius 1 is 1.07 bits per heavy atom. The average Bonchev–Trinajstić information content (AvgIpc) is 2.71. The van der Waals surface area contributed by atoms with Crippen molar-refractivity contribution in [2.75, 3.05) is 14.2 Å². The molecule has 3 rings (SSSR count). The number of rotatable bonds is 6. The smallest absolute Gasteiger partial charge is 0.273 e. The number of benzene rings is 2.